The van der Waals surface area contributed by atoms with Crippen LogP contribution in [0.15, 0.2) is 18.2 Å². The Morgan fingerprint density at radius 3 is 2.59 bits per heavy atom. The zero-order valence-corrected chi connectivity index (χ0v) is 11.1. The van der Waals surface area contributed by atoms with Crippen LogP contribution in [0.4, 0.5) is 0 Å². The molecule has 0 aliphatic heterocycles. The van der Waals surface area contributed by atoms with Gasteiger partial charge in [0.1, 0.15) is 6.61 Å². The largest absolute Gasteiger partial charge is 0.493 e. The summed E-state index contributed by atoms with van der Waals surface area (Å²) in [5.41, 5.74) is 1.12. The lowest BCUT2D eigenvalue weighted by molar-refractivity contribution is 0.0611. The summed E-state index contributed by atoms with van der Waals surface area (Å²) >= 11 is 0. The molecular formula is C14H22O3. The highest BCUT2D eigenvalue weighted by Gasteiger charge is 2.14. The van der Waals surface area contributed by atoms with Gasteiger partial charge in [-0.2, -0.15) is 0 Å². The minimum Gasteiger partial charge on any atom is -0.493 e. The predicted octanol–water partition coefficient (Wildman–Crippen LogP) is 2.79. The molecule has 1 aromatic carbocycles. The third-order valence-electron chi connectivity index (χ3n) is 3.03. The Hall–Kier alpha value is -1.22. The Morgan fingerprint density at radius 2 is 2.00 bits per heavy atom. The number of ether oxygens (including phenoxy) is 2. The van der Waals surface area contributed by atoms with E-state index in [4.69, 9.17) is 9.47 Å². The molecule has 96 valence electrons. The number of aliphatic hydroxyl groups is 1. The molecule has 0 amide bonds. The van der Waals surface area contributed by atoms with Crippen LogP contribution < -0.4 is 9.47 Å². The molecular weight excluding hydrogens is 216 g/mol. The van der Waals surface area contributed by atoms with Crippen molar-refractivity contribution in [2.45, 2.75) is 33.3 Å². The molecule has 0 bridgehead atoms. The van der Waals surface area contributed by atoms with Gasteiger partial charge < -0.3 is 14.6 Å². The molecule has 1 rings (SSSR count). The molecule has 2 atom stereocenters. The van der Waals surface area contributed by atoms with E-state index in [2.05, 4.69) is 6.92 Å². The number of hydrogen-bond donors (Lipinski definition) is 1. The van der Waals surface area contributed by atoms with Crippen molar-refractivity contribution in [3.63, 3.8) is 0 Å². The van der Waals surface area contributed by atoms with E-state index in [1.54, 1.807) is 7.11 Å². The summed E-state index contributed by atoms with van der Waals surface area (Å²) in [6, 6.07) is 5.76. The van der Waals surface area contributed by atoms with E-state index in [1.165, 1.54) is 0 Å². The molecule has 0 heterocycles. The fourth-order valence-electron chi connectivity index (χ4n) is 1.51. The number of aliphatic hydroxyl groups excluding tert-OH is 1. The second-order valence-corrected chi connectivity index (χ2v) is 4.42. The van der Waals surface area contributed by atoms with Gasteiger partial charge >= 0.3 is 0 Å². The quantitative estimate of drug-likeness (QED) is 0.828. The van der Waals surface area contributed by atoms with Crippen LogP contribution >= 0.6 is 0 Å². The van der Waals surface area contributed by atoms with Gasteiger partial charge in [0.25, 0.3) is 0 Å². The van der Waals surface area contributed by atoms with Gasteiger partial charge in [-0.15, -0.1) is 0 Å². The predicted molar refractivity (Wildman–Crippen MR) is 68.7 cm³/mol. The van der Waals surface area contributed by atoms with Crippen molar-refractivity contribution < 1.29 is 14.6 Å². The maximum absolute atomic E-state index is 9.83. The molecule has 0 spiro atoms. The molecule has 17 heavy (non-hydrogen) atoms. The SMILES string of the molecule is CCC(C)C(O)COc1ccc(C)cc1OC. The minimum atomic E-state index is -0.439. The first-order valence-electron chi connectivity index (χ1n) is 6.04. The van der Waals surface area contributed by atoms with Gasteiger partial charge in [-0.25, -0.2) is 0 Å². The van der Waals surface area contributed by atoms with E-state index < -0.39 is 6.10 Å². The molecule has 0 aliphatic rings. The van der Waals surface area contributed by atoms with E-state index in [0.717, 1.165) is 12.0 Å². The van der Waals surface area contributed by atoms with Crippen LogP contribution in [0.3, 0.4) is 0 Å². The van der Waals surface area contributed by atoms with Gasteiger partial charge in [0.15, 0.2) is 11.5 Å². The van der Waals surface area contributed by atoms with Crippen LogP contribution in [0.2, 0.25) is 0 Å². The summed E-state index contributed by atoms with van der Waals surface area (Å²) in [5.74, 6) is 1.63. The molecule has 0 aliphatic carbocycles. The zero-order chi connectivity index (χ0) is 12.8. The number of hydrogen-bond acceptors (Lipinski definition) is 3. The minimum absolute atomic E-state index is 0.242. The van der Waals surface area contributed by atoms with Gasteiger partial charge in [-0.1, -0.05) is 26.3 Å². The maximum Gasteiger partial charge on any atom is 0.161 e. The molecule has 0 saturated carbocycles. The topological polar surface area (TPSA) is 38.7 Å². The van der Waals surface area contributed by atoms with Crippen molar-refractivity contribution in [1.29, 1.82) is 0 Å². The lowest BCUT2D eigenvalue weighted by Crippen LogP contribution is -2.24. The summed E-state index contributed by atoms with van der Waals surface area (Å²) in [4.78, 5) is 0. The van der Waals surface area contributed by atoms with Crippen LogP contribution in [-0.2, 0) is 0 Å². The number of benzene rings is 1. The lowest BCUT2D eigenvalue weighted by Gasteiger charge is -2.18. The standard InChI is InChI=1S/C14H22O3/c1-5-11(3)12(15)9-17-13-7-6-10(2)8-14(13)16-4/h6-8,11-12,15H,5,9H2,1-4H3. The van der Waals surface area contributed by atoms with Crippen molar-refractivity contribution in [3.05, 3.63) is 23.8 Å². The molecule has 0 radical (unpaired) electrons. The molecule has 1 N–H and O–H groups in total. The van der Waals surface area contributed by atoms with Gasteiger partial charge in [0.2, 0.25) is 0 Å². The average molecular weight is 238 g/mol. The van der Waals surface area contributed by atoms with Crippen molar-refractivity contribution >= 4 is 0 Å². The highest BCUT2D eigenvalue weighted by molar-refractivity contribution is 5.42. The van der Waals surface area contributed by atoms with Crippen LogP contribution in [-0.4, -0.2) is 24.9 Å². The summed E-state index contributed by atoms with van der Waals surface area (Å²) in [6.07, 6.45) is 0.501. The van der Waals surface area contributed by atoms with Crippen molar-refractivity contribution in [2.24, 2.45) is 5.92 Å². The van der Waals surface area contributed by atoms with Crippen molar-refractivity contribution in [3.8, 4) is 11.5 Å². The molecule has 2 unspecified atom stereocenters. The van der Waals surface area contributed by atoms with Gasteiger partial charge in [-0.05, 0) is 30.5 Å². The van der Waals surface area contributed by atoms with Crippen LogP contribution in [0.25, 0.3) is 0 Å². The fraction of sp³-hybridized carbons (Fsp3) is 0.571. The highest BCUT2D eigenvalue weighted by Crippen LogP contribution is 2.28. The monoisotopic (exact) mass is 238 g/mol. The Balaban J connectivity index is 2.62. The van der Waals surface area contributed by atoms with E-state index in [9.17, 15) is 5.11 Å². The van der Waals surface area contributed by atoms with Gasteiger partial charge in [-0.3, -0.25) is 0 Å². The van der Waals surface area contributed by atoms with Crippen LogP contribution in [0, 0.1) is 12.8 Å². The fourth-order valence-corrected chi connectivity index (χ4v) is 1.51. The molecule has 0 saturated heterocycles. The number of methoxy groups -OCH3 is 1. The highest BCUT2D eigenvalue weighted by atomic mass is 16.5. The van der Waals surface area contributed by atoms with E-state index in [-0.39, 0.29) is 5.92 Å². The van der Waals surface area contributed by atoms with E-state index in [1.807, 2.05) is 32.0 Å². The third-order valence-corrected chi connectivity index (χ3v) is 3.03. The lowest BCUT2D eigenvalue weighted by atomic mass is 10.0. The Labute approximate surface area is 103 Å². The third kappa shape index (κ3) is 3.93. The van der Waals surface area contributed by atoms with Crippen molar-refractivity contribution in [2.75, 3.05) is 13.7 Å². The summed E-state index contributed by atoms with van der Waals surface area (Å²) in [6.45, 7) is 6.37. The van der Waals surface area contributed by atoms with Crippen LogP contribution in [0.5, 0.6) is 11.5 Å². The first kappa shape index (κ1) is 13.8. The second kappa shape index (κ2) is 6.50. The number of rotatable bonds is 6. The number of aryl methyl sites for hydroxylation is 1. The molecule has 1 aromatic rings. The molecule has 0 fully saturated rings. The zero-order valence-electron chi connectivity index (χ0n) is 11.1. The molecule has 3 heteroatoms. The maximum atomic E-state index is 9.83. The van der Waals surface area contributed by atoms with Gasteiger partial charge in [0.05, 0.1) is 13.2 Å². The molecule has 3 nitrogen and oxygen atoms in total. The Bertz CT molecular complexity index is 349. The summed E-state index contributed by atoms with van der Waals surface area (Å²) < 4.78 is 10.8. The Morgan fingerprint density at radius 1 is 1.29 bits per heavy atom. The summed E-state index contributed by atoms with van der Waals surface area (Å²) in [7, 11) is 1.62. The normalized spacial score (nSPS) is 14.2. The summed E-state index contributed by atoms with van der Waals surface area (Å²) in [5, 5.41) is 9.83. The first-order valence-corrected chi connectivity index (χ1v) is 6.04. The van der Waals surface area contributed by atoms with Gasteiger partial charge in [0, 0.05) is 0 Å². The Kier molecular flexibility index (Phi) is 5.29. The van der Waals surface area contributed by atoms with Crippen molar-refractivity contribution in [1.82, 2.24) is 0 Å². The molecule has 0 aromatic heterocycles. The second-order valence-electron chi connectivity index (χ2n) is 4.42. The van der Waals surface area contributed by atoms with E-state index >= 15 is 0 Å². The average Bonchev–Trinajstić information content (AvgIpc) is 2.35. The smallest absolute Gasteiger partial charge is 0.161 e. The first-order chi connectivity index (χ1) is 8.08. The van der Waals surface area contributed by atoms with Crippen LogP contribution in [0.1, 0.15) is 25.8 Å². The van der Waals surface area contributed by atoms with E-state index in [0.29, 0.717) is 18.1 Å².